The van der Waals surface area contributed by atoms with E-state index in [4.69, 9.17) is 0 Å². The van der Waals surface area contributed by atoms with E-state index in [-0.39, 0.29) is 5.91 Å². The number of H-pyrrole nitrogens is 1. The van der Waals surface area contributed by atoms with Gasteiger partial charge in [0.15, 0.2) is 0 Å². The lowest BCUT2D eigenvalue weighted by atomic mass is 10.1. The van der Waals surface area contributed by atoms with E-state index in [1.165, 1.54) is 0 Å². The number of fused-ring (bicyclic) bond motifs is 1. The molecule has 0 bridgehead atoms. The van der Waals surface area contributed by atoms with Crippen LogP contribution in [0.4, 0.5) is 26.3 Å². The molecule has 3 aromatic rings. The summed E-state index contributed by atoms with van der Waals surface area (Å²) in [7, 11) is 0. The second-order valence-corrected chi connectivity index (χ2v) is 7.74. The molecule has 0 atom stereocenters. The largest absolute Gasteiger partial charge is 0.458 e. The number of amides is 1. The maximum atomic E-state index is 11.9. The van der Waals surface area contributed by atoms with E-state index in [1.54, 1.807) is 12.3 Å². The molecule has 0 saturated heterocycles. The number of Topliss-reactive ketones (excluding diaryl/α,β-unsaturated/α-hetero) is 2. The average molecular weight is 534 g/mol. The predicted molar refractivity (Wildman–Crippen MR) is 122 cm³/mol. The van der Waals surface area contributed by atoms with E-state index in [2.05, 4.69) is 21.4 Å². The van der Waals surface area contributed by atoms with Crippen molar-refractivity contribution in [2.45, 2.75) is 18.8 Å². The number of halogens is 6. The van der Waals surface area contributed by atoms with Crippen molar-refractivity contribution in [3.05, 3.63) is 76.7 Å². The van der Waals surface area contributed by atoms with Crippen molar-refractivity contribution in [3.8, 4) is 17.3 Å². The van der Waals surface area contributed by atoms with Crippen molar-refractivity contribution < 1.29 is 40.7 Å². The van der Waals surface area contributed by atoms with Gasteiger partial charge in [0.1, 0.15) is 0 Å². The molecular formula is C25H16F6N4O3. The first-order chi connectivity index (χ1) is 17.8. The first kappa shape index (κ1) is 27.9. The highest BCUT2D eigenvalue weighted by molar-refractivity contribution is 6.41. The van der Waals surface area contributed by atoms with Crippen LogP contribution in [0, 0.1) is 11.3 Å². The van der Waals surface area contributed by atoms with Gasteiger partial charge in [-0.3, -0.25) is 19.4 Å². The van der Waals surface area contributed by atoms with Crippen molar-refractivity contribution >= 4 is 29.6 Å². The third kappa shape index (κ3) is 6.73. The number of nitriles is 1. The number of carbonyl (C=O) groups is 3. The molecule has 13 heteroatoms. The van der Waals surface area contributed by atoms with E-state index in [9.17, 15) is 46.0 Å². The van der Waals surface area contributed by atoms with Gasteiger partial charge in [-0.15, -0.1) is 0 Å². The lowest BCUT2D eigenvalue weighted by molar-refractivity contribution is -0.193. The number of nitrogens with one attached hydrogen (secondary N) is 2. The molecule has 0 unspecified atom stereocenters. The minimum Gasteiger partial charge on any atom is -0.358 e. The number of ketones is 2. The standard InChI is InChI=1S/C21H16N4O.C4F6O2/c22-13-16-4-2-1-3-14(16)5-6-17-11-15(7-9-23-17)20-12-18-19(25-20)8-10-24-21(18)26;5-3(6,7)1(11)2(12)4(8,9)10/h1-7,9,11-12,25H,8,10H2,(H,24,26);/b6-5-;. The van der Waals surface area contributed by atoms with Gasteiger partial charge >= 0.3 is 23.9 Å². The summed E-state index contributed by atoms with van der Waals surface area (Å²) in [6.07, 6.45) is -5.22. The van der Waals surface area contributed by atoms with Gasteiger partial charge in [-0.25, -0.2) is 0 Å². The van der Waals surface area contributed by atoms with Crippen molar-refractivity contribution in [3.63, 3.8) is 0 Å². The van der Waals surface area contributed by atoms with Gasteiger partial charge in [-0.05, 0) is 35.9 Å². The van der Waals surface area contributed by atoms with E-state index in [0.717, 1.165) is 34.6 Å². The summed E-state index contributed by atoms with van der Waals surface area (Å²) >= 11 is 0. The summed E-state index contributed by atoms with van der Waals surface area (Å²) in [5.74, 6) is -6.85. The van der Waals surface area contributed by atoms with Gasteiger partial charge in [0.25, 0.3) is 5.91 Å². The molecule has 0 saturated carbocycles. The monoisotopic (exact) mass is 534 g/mol. The smallest absolute Gasteiger partial charge is 0.358 e. The number of benzene rings is 1. The normalized spacial score (nSPS) is 13.1. The summed E-state index contributed by atoms with van der Waals surface area (Å²) in [4.78, 5) is 38.9. The van der Waals surface area contributed by atoms with E-state index >= 15 is 0 Å². The molecule has 2 N–H and O–H groups in total. The Labute approximate surface area is 210 Å². The fraction of sp³-hybridized carbons (Fsp3) is 0.160. The molecule has 0 spiro atoms. The number of pyridine rings is 1. The van der Waals surface area contributed by atoms with Gasteiger partial charge < -0.3 is 10.3 Å². The quantitative estimate of drug-likeness (QED) is 0.374. The zero-order valence-electron chi connectivity index (χ0n) is 19.1. The summed E-state index contributed by atoms with van der Waals surface area (Å²) in [6, 6.07) is 15.4. The first-order valence-corrected chi connectivity index (χ1v) is 10.7. The van der Waals surface area contributed by atoms with Gasteiger partial charge in [0.05, 0.1) is 22.9 Å². The molecule has 0 radical (unpaired) electrons. The third-order valence-corrected chi connectivity index (χ3v) is 5.13. The minimum atomic E-state index is -5.77. The molecule has 1 aliphatic rings. The highest BCUT2D eigenvalue weighted by Crippen LogP contribution is 2.25. The maximum absolute atomic E-state index is 11.9. The van der Waals surface area contributed by atoms with Crippen LogP contribution in [0.5, 0.6) is 0 Å². The van der Waals surface area contributed by atoms with Crippen LogP contribution in [0.3, 0.4) is 0 Å². The van der Waals surface area contributed by atoms with E-state index in [1.807, 2.05) is 48.6 Å². The van der Waals surface area contributed by atoms with Crippen molar-refractivity contribution in [1.29, 1.82) is 5.26 Å². The first-order valence-electron chi connectivity index (χ1n) is 10.7. The Morgan fingerprint density at radius 1 is 0.974 bits per heavy atom. The van der Waals surface area contributed by atoms with Crippen LogP contribution < -0.4 is 5.32 Å². The number of carbonyl (C=O) groups excluding carboxylic acids is 3. The molecule has 1 aliphatic heterocycles. The molecule has 1 aromatic carbocycles. The average Bonchev–Trinajstić information content (AvgIpc) is 3.32. The molecule has 0 fully saturated rings. The molecular weight excluding hydrogens is 518 g/mol. The number of alkyl halides is 6. The summed E-state index contributed by atoms with van der Waals surface area (Å²) in [5.41, 5.74) is 5.82. The number of aromatic amines is 1. The van der Waals surface area contributed by atoms with Crippen molar-refractivity contribution in [2.24, 2.45) is 0 Å². The van der Waals surface area contributed by atoms with Crippen LogP contribution in [0.25, 0.3) is 23.4 Å². The fourth-order valence-corrected chi connectivity index (χ4v) is 3.33. The number of hydrogen-bond acceptors (Lipinski definition) is 5. The van der Waals surface area contributed by atoms with E-state index in [0.29, 0.717) is 17.7 Å². The van der Waals surface area contributed by atoms with Crippen LogP contribution in [0.1, 0.15) is 32.9 Å². The van der Waals surface area contributed by atoms with Gasteiger partial charge in [-0.1, -0.05) is 24.3 Å². The predicted octanol–water partition coefficient (Wildman–Crippen LogP) is 4.65. The van der Waals surface area contributed by atoms with Gasteiger partial charge in [0, 0.05) is 36.1 Å². The molecule has 2 aromatic heterocycles. The molecule has 7 nitrogen and oxygen atoms in total. The Hall–Kier alpha value is -4.73. The highest BCUT2D eigenvalue weighted by atomic mass is 19.4. The number of nitrogens with zero attached hydrogens (tertiary/aromatic N) is 2. The number of rotatable bonds is 4. The Balaban J connectivity index is 0.000000284. The second kappa shape index (κ2) is 11.1. The van der Waals surface area contributed by atoms with Gasteiger partial charge in [0.2, 0.25) is 0 Å². The second-order valence-electron chi connectivity index (χ2n) is 7.74. The van der Waals surface area contributed by atoms with Crippen LogP contribution >= 0.6 is 0 Å². The highest BCUT2D eigenvalue weighted by Gasteiger charge is 2.54. The zero-order valence-corrected chi connectivity index (χ0v) is 19.1. The van der Waals surface area contributed by atoms with Gasteiger partial charge in [-0.2, -0.15) is 31.6 Å². The molecule has 4 rings (SSSR count). The Bertz CT molecular complexity index is 1420. The van der Waals surface area contributed by atoms with Crippen LogP contribution in [0.2, 0.25) is 0 Å². The summed E-state index contributed by atoms with van der Waals surface area (Å²) in [6.45, 7) is 0.661. The Kier molecular flexibility index (Phi) is 8.15. The van der Waals surface area contributed by atoms with Crippen molar-refractivity contribution in [1.82, 2.24) is 15.3 Å². The fourth-order valence-electron chi connectivity index (χ4n) is 3.33. The Morgan fingerprint density at radius 3 is 2.24 bits per heavy atom. The molecule has 0 aliphatic carbocycles. The molecule has 1 amide bonds. The summed E-state index contributed by atoms with van der Waals surface area (Å²) < 4.78 is 67.0. The SMILES string of the molecule is N#Cc1ccccc1/C=C\c1cc(-c2cc3c([nH]2)CCNC3=O)ccn1.O=C(C(=O)C(F)(F)F)C(F)(F)F. The lowest BCUT2D eigenvalue weighted by Crippen LogP contribution is -2.39. The van der Waals surface area contributed by atoms with Crippen LogP contribution in [-0.4, -0.2) is 46.3 Å². The minimum absolute atomic E-state index is 0.0314. The maximum Gasteiger partial charge on any atom is 0.458 e. The third-order valence-electron chi connectivity index (χ3n) is 5.13. The molecule has 196 valence electrons. The van der Waals surface area contributed by atoms with E-state index < -0.39 is 23.9 Å². The van der Waals surface area contributed by atoms with Crippen molar-refractivity contribution in [2.75, 3.05) is 6.54 Å². The van der Waals surface area contributed by atoms with Crippen LogP contribution in [0.15, 0.2) is 48.7 Å². The topological polar surface area (TPSA) is 116 Å². The Morgan fingerprint density at radius 2 is 1.63 bits per heavy atom. The molecule has 3 heterocycles. The lowest BCUT2D eigenvalue weighted by Gasteiger charge is -2.10. The zero-order chi connectivity index (χ0) is 28.1. The number of aromatic nitrogens is 2. The molecule has 38 heavy (non-hydrogen) atoms. The summed E-state index contributed by atoms with van der Waals surface area (Å²) in [5, 5.41) is 12.0. The van der Waals surface area contributed by atoms with Crippen LogP contribution in [-0.2, 0) is 16.0 Å². The number of hydrogen-bond donors (Lipinski definition) is 2.